The number of nitrogens with one attached hydrogen (secondary N) is 2. The molecule has 3 heterocycles. The summed E-state index contributed by atoms with van der Waals surface area (Å²) >= 11 is 0. The molecule has 2 saturated heterocycles. The van der Waals surface area contributed by atoms with Crippen molar-refractivity contribution >= 4 is 29.3 Å². The number of nitriles is 2. The molecule has 48 heavy (non-hydrogen) atoms. The predicted molar refractivity (Wildman–Crippen MR) is 172 cm³/mol. The lowest BCUT2D eigenvalue weighted by Crippen LogP contribution is -2.57. The summed E-state index contributed by atoms with van der Waals surface area (Å²) in [6.07, 6.45) is 1.58. The Morgan fingerprint density at radius 3 is 2.42 bits per heavy atom. The highest BCUT2D eigenvalue weighted by atomic mass is 19.4. The number of benzene rings is 1. The maximum absolute atomic E-state index is 13.9. The van der Waals surface area contributed by atoms with Crippen LogP contribution in [0.4, 0.5) is 24.8 Å². The zero-order valence-electron chi connectivity index (χ0n) is 26.9. The first-order valence-electron chi connectivity index (χ1n) is 16.2. The van der Waals surface area contributed by atoms with Gasteiger partial charge in [-0.1, -0.05) is 12.1 Å². The molecule has 0 saturated carbocycles. The molecule has 2 N–H and O–H groups in total. The molecule has 256 valence electrons. The lowest BCUT2D eigenvalue weighted by Gasteiger charge is -2.41. The Kier molecular flexibility index (Phi) is 12.9. The molecule has 2 aromatic rings. The zero-order chi connectivity index (χ0) is 34.5. The summed E-state index contributed by atoms with van der Waals surface area (Å²) in [6, 6.07) is 10.0. The van der Waals surface area contributed by atoms with E-state index >= 15 is 0 Å². The van der Waals surface area contributed by atoms with E-state index < -0.39 is 18.0 Å². The SMILES string of the molecule is CCOC(=O)CCCC(=NCCC1CCN(c2cc(N3CC[C@H]3C(=O)NCCc3ccc(C#N)cc3)nc(C(F)(F)F)n2)CC1)NC#N. The molecule has 0 unspecified atom stereocenters. The average molecular weight is 668 g/mol. The van der Waals surface area contributed by atoms with E-state index in [0.717, 1.165) is 24.8 Å². The number of carbonyl (C=O) groups excluding carboxylic acids is 2. The number of halogens is 3. The first kappa shape index (κ1) is 35.9. The summed E-state index contributed by atoms with van der Waals surface area (Å²) < 4.78 is 46.6. The standard InChI is InChI=1S/C33H40F3N9O3/c1-2-48-30(46)5-3-4-27(41-22-38)39-15-10-24-12-17-44(18-13-24)28-20-29(43-32(42-28)33(34,35)36)45-19-14-26(45)31(47)40-16-11-23-6-8-25(21-37)9-7-23/h6-9,20,24,26H,2-5,10-19H2,1H3,(H,39,41)(H,40,47)/t26-/m0/s1. The third-order valence-corrected chi connectivity index (χ3v) is 8.44. The molecule has 1 atom stereocenters. The van der Waals surface area contributed by atoms with Gasteiger partial charge in [0.25, 0.3) is 0 Å². The van der Waals surface area contributed by atoms with Crippen molar-refractivity contribution in [2.45, 2.75) is 70.5 Å². The summed E-state index contributed by atoms with van der Waals surface area (Å²) in [4.78, 5) is 40.1. The lowest BCUT2D eigenvalue weighted by molar-refractivity contribution is -0.145. The van der Waals surface area contributed by atoms with Gasteiger partial charge in [-0.3, -0.25) is 19.9 Å². The highest BCUT2D eigenvalue weighted by molar-refractivity contribution is 5.87. The number of esters is 1. The molecule has 2 aliphatic heterocycles. The van der Waals surface area contributed by atoms with Gasteiger partial charge in [0.15, 0.2) is 6.19 Å². The number of alkyl halides is 3. The fraction of sp³-hybridized carbons (Fsp3) is 0.545. The maximum atomic E-state index is 13.9. The fourth-order valence-electron chi connectivity index (χ4n) is 5.70. The minimum absolute atomic E-state index is 0.0720. The van der Waals surface area contributed by atoms with Gasteiger partial charge in [-0.05, 0) is 69.1 Å². The van der Waals surface area contributed by atoms with Gasteiger partial charge in [0.2, 0.25) is 11.7 Å². The van der Waals surface area contributed by atoms with Crippen LogP contribution in [0.15, 0.2) is 35.3 Å². The average Bonchev–Trinajstić information content (AvgIpc) is 3.04. The third kappa shape index (κ3) is 10.3. The van der Waals surface area contributed by atoms with Crippen molar-refractivity contribution in [1.29, 1.82) is 10.5 Å². The van der Waals surface area contributed by atoms with Gasteiger partial charge >= 0.3 is 12.1 Å². The van der Waals surface area contributed by atoms with Crippen LogP contribution in [0, 0.1) is 28.7 Å². The number of rotatable bonds is 14. The van der Waals surface area contributed by atoms with Crippen LogP contribution in [0.2, 0.25) is 0 Å². The first-order chi connectivity index (χ1) is 23.1. The van der Waals surface area contributed by atoms with E-state index in [-0.39, 0.29) is 29.9 Å². The van der Waals surface area contributed by atoms with Gasteiger partial charge in [-0.15, -0.1) is 0 Å². The van der Waals surface area contributed by atoms with Gasteiger partial charge in [0.1, 0.15) is 23.5 Å². The Morgan fingerprint density at radius 1 is 1.06 bits per heavy atom. The van der Waals surface area contributed by atoms with E-state index in [0.29, 0.717) is 82.3 Å². The van der Waals surface area contributed by atoms with Crippen molar-refractivity contribution in [3.8, 4) is 12.3 Å². The van der Waals surface area contributed by atoms with Crippen molar-refractivity contribution in [2.24, 2.45) is 10.9 Å². The van der Waals surface area contributed by atoms with Crippen molar-refractivity contribution in [3.63, 3.8) is 0 Å². The van der Waals surface area contributed by atoms with E-state index in [1.807, 2.05) is 23.2 Å². The molecule has 2 fully saturated rings. The molecule has 0 spiro atoms. The molecule has 1 aromatic heterocycles. The molecular weight excluding hydrogens is 627 g/mol. The minimum Gasteiger partial charge on any atom is -0.466 e. The lowest BCUT2D eigenvalue weighted by atomic mass is 9.93. The number of amidine groups is 1. The van der Waals surface area contributed by atoms with Crippen LogP contribution in [0.5, 0.6) is 0 Å². The highest BCUT2D eigenvalue weighted by Gasteiger charge is 2.40. The Hall–Kier alpha value is -4.92. The van der Waals surface area contributed by atoms with Crippen molar-refractivity contribution in [2.75, 3.05) is 49.1 Å². The number of ether oxygens (including phenoxy) is 1. The quantitative estimate of drug-likeness (QED) is 0.0987. The number of piperidine rings is 1. The van der Waals surface area contributed by atoms with Crippen LogP contribution in [0.1, 0.15) is 68.8 Å². The Labute approximate surface area is 278 Å². The Bertz CT molecular complexity index is 1510. The van der Waals surface area contributed by atoms with Crippen LogP contribution in [0.3, 0.4) is 0 Å². The van der Waals surface area contributed by atoms with Crippen molar-refractivity contribution in [3.05, 3.63) is 47.3 Å². The smallest absolute Gasteiger partial charge is 0.451 e. The second-order valence-corrected chi connectivity index (χ2v) is 11.7. The summed E-state index contributed by atoms with van der Waals surface area (Å²) in [5.41, 5.74) is 1.50. The Morgan fingerprint density at radius 2 is 1.79 bits per heavy atom. The molecule has 1 aromatic carbocycles. The fourth-order valence-corrected chi connectivity index (χ4v) is 5.70. The number of carbonyl (C=O) groups is 2. The monoisotopic (exact) mass is 667 g/mol. The zero-order valence-corrected chi connectivity index (χ0v) is 26.9. The summed E-state index contributed by atoms with van der Waals surface area (Å²) in [5.74, 6) is -0.749. The van der Waals surface area contributed by atoms with Gasteiger partial charge in [-0.25, -0.2) is 9.97 Å². The van der Waals surface area contributed by atoms with Gasteiger partial charge in [0, 0.05) is 51.6 Å². The summed E-state index contributed by atoms with van der Waals surface area (Å²) in [6.45, 7) is 4.30. The van der Waals surface area contributed by atoms with E-state index in [2.05, 4.69) is 31.7 Å². The first-order valence-corrected chi connectivity index (χ1v) is 16.2. The number of aliphatic imine (C=N–C) groups is 1. The number of anilines is 2. The molecule has 2 aliphatic rings. The Balaban J connectivity index is 1.31. The van der Waals surface area contributed by atoms with Gasteiger partial charge < -0.3 is 19.9 Å². The largest absolute Gasteiger partial charge is 0.466 e. The molecule has 15 heteroatoms. The van der Waals surface area contributed by atoms with Crippen molar-refractivity contribution < 1.29 is 27.5 Å². The third-order valence-electron chi connectivity index (χ3n) is 8.44. The molecule has 12 nitrogen and oxygen atoms in total. The number of amides is 1. The van der Waals surface area contributed by atoms with Crippen LogP contribution in [0.25, 0.3) is 0 Å². The predicted octanol–water partition coefficient (Wildman–Crippen LogP) is 4.11. The van der Waals surface area contributed by atoms with E-state index in [1.54, 1.807) is 24.0 Å². The number of aromatic nitrogens is 2. The van der Waals surface area contributed by atoms with Crippen LogP contribution in [-0.2, 0) is 26.9 Å². The molecule has 0 aliphatic carbocycles. The molecule has 0 bridgehead atoms. The second kappa shape index (κ2) is 17.3. The number of hydrogen-bond acceptors (Lipinski definition) is 10. The molecule has 4 rings (SSSR count). The molecule has 0 radical (unpaired) electrons. The molecule has 1 amide bonds. The minimum atomic E-state index is -4.75. The normalized spacial score (nSPS) is 16.8. The number of hydrogen-bond donors (Lipinski definition) is 2. The van der Waals surface area contributed by atoms with E-state index in [9.17, 15) is 22.8 Å². The second-order valence-electron chi connectivity index (χ2n) is 11.7. The van der Waals surface area contributed by atoms with Crippen LogP contribution < -0.4 is 20.4 Å². The number of nitrogens with zero attached hydrogens (tertiary/aromatic N) is 7. The van der Waals surface area contributed by atoms with E-state index in [1.165, 1.54) is 6.07 Å². The summed E-state index contributed by atoms with van der Waals surface area (Å²) in [5, 5.41) is 23.4. The maximum Gasteiger partial charge on any atom is 0.451 e. The van der Waals surface area contributed by atoms with Gasteiger partial charge in [-0.2, -0.15) is 23.7 Å². The van der Waals surface area contributed by atoms with Crippen molar-refractivity contribution in [1.82, 2.24) is 20.6 Å². The topological polar surface area (TPSA) is 160 Å². The van der Waals surface area contributed by atoms with Crippen LogP contribution in [-0.4, -0.2) is 73.1 Å². The molecular formula is C33H40F3N9O3. The van der Waals surface area contributed by atoms with Gasteiger partial charge in [0.05, 0.1) is 18.2 Å². The summed E-state index contributed by atoms with van der Waals surface area (Å²) in [7, 11) is 0. The van der Waals surface area contributed by atoms with E-state index in [4.69, 9.17) is 15.3 Å². The highest BCUT2D eigenvalue weighted by Crippen LogP contribution is 2.34. The van der Waals surface area contributed by atoms with Crippen LogP contribution >= 0.6 is 0 Å².